The third-order valence-corrected chi connectivity index (χ3v) is 8.86. The van der Waals surface area contributed by atoms with Crippen LogP contribution >= 0.6 is 0 Å². The molecule has 0 N–H and O–H groups in total. The Morgan fingerprint density at radius 1 is 0.653 bits per heavy atom. The molecule has 7 heteroatoms. The van der Waals surface area contributed by atoms with Gasteiger partial charge in [-0.3, -0.25) is 4.79 Å². The first-order valence-corrected chi connectivity index (χ1v) is 16.6. The SMILES string of the molecule is CCCCC(CC)COc1ccc(C(=O)c2ccc(-c3ccc(-c4ccc(-c5ccc(C(F)(F)F)cc5)c(OC)c4)cc3OC)cc2)cc1. The molecule has 0 amide bonds. The van der Waals surface area contributed by atoms with E-state index < -0.39 is 11.7 Å². The second-order valence-electron chi connectivity index (χ2n) is 12.1. The summed E-state index contributed by atoms with van der Waals surface area (Å²) in [6, 6.07) is 31.3. The lowest BCUT2D eigenvalue weighted by molar-refractivity contribution is -0.137. The normalized spacial score (nSPS) is 12.0. The third kappa shape index (κ3) is 8.52. The summed E-state index contributed by atoms with van der Waals surface area (Å²) in [6.07, 6.45) is 0.236. The van der Waals surface area contributed by atoms with E-state index in [9.17, 15) is 18.0 Å². The number of alkyl halides is 3. The molecule has 5 rings (SSSR count). The fraction of sp³-hybridized carbons (Fsp3) is 0.262. The number of ketones is 1. The van der Waals surface area contributed by atoms with Crippen LogP contribution in [0.15, 0.2) is 109 Å². The molecule has 0 aliphatic rings. The number of unbranched alkanes of at least 4 members (excludes halogenated alkanes) is 1. The van der Waals surface area contributed by atoms with Crippen molar-refractivity contribution in [2.75, 3.05) is 20.8 Å². The van der Waals surface area contributed by atoms with E-state index in [1.165, 1.54) is 32.1 Å². The number of carbonyl (C=O) groups is 1. The van der Waals surface area contributed by atoms with Crippen molar-refractivity contribution in [3.8, 4) is 50.6 Å². The van der Waals surface area contributed by atoms with E-state index in [0.29, 0.717) is 46.3 Å². The zero-order valence-electron chi connectivity index (χ0n) is 28.3. The van der Waals surface area contributed by atoms with Crippen LogP contribution in [0.4, 0.5) is 13.2 Å². The Bertz CT molecular complexity index is 1840. The van der Waals surface area contributed by atoms with Crippen molar-refractivity contribution in [2.24, 2.45) is 5.92 Å². The van der Waals surface area contributed by atoms with Gasteiger partial charge in [0.2, 0.25) is 0 Å². The highest BCUT2D eigenvalue weighted by Gasteiger charge is 2.30. The molecule has 0 aliphatic carbocycles. The van der Waals surface area contributed by atoms with E-state index in [2.05, 4.69) is 13.8 Å². The first kappa shape index (κ1) is 35.3. The lowest BCUT2D eigenvalue weighted by Gasteiger charge is -2.15. The topological polar surface area (TPSA) is 44.8 Å². The lowest BCUT2D eigenvalue weighted by Crippen LogP contribution is -2.11. The summed E-state index contributed by atoms with van der Waals surface area (Å²) >= 11 is 0. The standard InChI is InChI=1S/C42H41F3O4/c1-5-7-8-28(6-2)27-49-36-21-15-32(16-22-36)41(46)31-11-9-29(10-12-31)37-23-17-33(25-39(37)47-3)34-18-24-38(40(26-34)48-4)30-13-19-35(20-14-30)42(43,44)45/h9-26,28H,5-8,27H2,1-4H3. The molecule has 1 unspecified atom stereocenters. The number of benzene rings is 5. The summed E-state index contributed by atoms with van der Waals surface area (Å²) in [7, 11) is 3.14. The van der Waals surface area contributed by atoms with Crippen LogP contribution in [0.5, 0.6) is 17.2 Å². The molecular weight excluding hydrogens is 625 g/mol. The summed E-state index contributed by atoms with van der Waals surface area (Å²) in [4.78, 5) is 13.3. The number of ether oxygens (including phenoxy) is 3. The number of rotatable bonds is 14. The second-order valence-corrected chi connectivity index (χ2v) is 12.1. The average Bonchev–Trinajstić information content (AvgIpc) is 3.14. The van der Waals surface area contributed by atoms with Gasteiger partial charge >= 0.3 is 6.18 Å². The number of methoxy groups -OCH3 is 2. The predicted molar refractivity (Wildman–Crippen MR) is 190 cm³/mol. The number of carbonyl (C=O) groups excluding carboxylic acids is 1. The molecule has 0 saturated heterocycles. The molecule has 0 aliphatic heterocycles. The van der Waals surface area contributed by atoms with E-state index in [1.807, 2.05) is 84.9 Å². The minimum atomic E-state index is -4.40. The smallest absolute Gasteiger partial charge is 0.416 e. The van der Waals surface area contributed by atoms with Crippen molar-refractivity contribution >= 4 is 5.78 Å². The molecular formula is C42H41F3O4. The predicted octanol–water partition coefficient (Wildman–Crippen LogP) is 11.5. The summed E-state index contributed by atoms with van der Waals surface area (Å²) < 4.78 is 56.5. The highest BCUT2D eigenvalue weighted by Crippen LogP contribution is 2.39. The van der Waals surface area contributed by atoms with Gasteiger partial charge in [-0.15, -0.1) is 0 Å². The Hall–Kier alpha value is -5.04. The zero-order chi connectivity index (χ0) is 35.0. The molecule has 4 nitrogen and oxygen atoms in total. The van der Waals surface area contributed by atoms with Gasteiger partial charge in [-0.2, -0.15) is 13.2 Å². The molecule has 0 bridgehead atoms. The van der Waals surface area contributed by atoms with Crippen LogP contribution in [0.2, 0.25) is 0 Å². The maximum Gasteiger partial charge on any atom is 0.416 e. The van der Waals surface area contributed by atoms with Crippen LogP contribution < -0.4 is 14.2 Å². The first-order valence-electron chi connectivity index (χ1n) is 16.6. The number of hydrogen-bond acceptors (Lipinski definition) is 4. The van der Waals surface area contributed by atoms with Crippen LogP contribution in [0.3, 0.4) is 0 Å². The molecule has 1 atom stereocenters. The maximum atomic E-state index is 13.3. The Labute approximate surface area is 286 Å². The van der Waals surface area contributed by atoms with Gasteiger partial charge in [0.1, 0.15) is 17.2 Å². The van der Waals surface area contributed by atoms with Crippen LogP contribution in [-0.4, -0.2) is 26.6 Å². The fourth-order valence-electron chi connectivity index (χ4n) is 5.84. The average molecular weight is 667 g/mol. The molecule has 0 radical (unpaired) electrons. The molecule has 5 aromatic carbocycles. The monoisotopic (exact) mass is 666 g/mol. The van der Waals surface area contributed by atoms with Crippen molar-refractivity contribution in [2.45, 2.75) is 45.7 Å². The molecule has 0 aromatic heterocycles. The number of hydrogen-bond donors (Lipinski definition) is 0. The molecule has 49 heavy (non-hydrogen) atoms. The van der Waals surface area contributed by atoms with Gasteiger partial charge in [0.15, 0.2) is 5.78 Å². The van der Waals surface area contributed by atoms with Gasteiger partial charge in [0.25, 0.3) is 0 Å². The Morgan fingerprint density at radius 2 is 1.12 bits per heavy atom. The highest BCUT2D eigenvalue weighted by atomic mass is 19.4. The van der Waals surface area contributed by atoms with Crippen LogP contribution in [0, 0.1) is 5.92 Å². The largest absolute Gasteiger partial charge is 0.496 e. The minimum Gasteiger partial charge on any atom is -0.496 e. The van der Waals surface area contributed by atoms with Crippen molar-refractivity contribution in [1.82, 2.24) is 0 Å². The van der Waals surface area contributed by atoms with E-state index in [4.69, 9.17) is 14.2 Å². The van der Waals surface area contributed by atoms with Gasteiger partial charge in [-0.25, -0.2) is 0 Å². The summed E-state index contributed by atoms with van der Waals surface area (Å²) in [5.41, 5.74) is 5.28. The van der Waals surface area contributed by atoms with E-state index in [1.54, 1.807) is 7.11 Å². The third-order valence-electron chi connectivity index (χ3n) is 8.86. The molecule has 0 heterocycles. The Kier molecular flexibility index (Phi) is 11.4. The second kappa shape index (κ2) is 15.9. The zero-order valence-corrected chi connectivity index (χ0v) is 28.3. The van der Waals surface area contributed by atoms with Crippen LogP contribution in [0.1, 0.15) is 61.0 Å². The lowest BCUT2D eigenvalue weighted by atomic mass is 9.95. The van der Waals surface area contributed by atoms with Crippen molar-refractivity contribution in [3.63, 3.8) is 0 Å². The van der Waals surface area contributed by atoms with Gasteiger partial charge in [-0.1, -0.05) is 93.8 Å². The van der Waals surface area contributed by atoms with Crippen LogP contribution in [0.25, 0.3) is 33.4 Å². The minimum absolute atomic E-state index is 0.0662. The van der Waals surface area contributed by atoms with Gasteiger partial charge < -0.3 is 14.2 Å². The summed E-state index contributed by atoms with van der Waals surface area (Å²) in [5.74, 6) is 2.43. The van der Waals surface area contributed by atoms with E-state index in [-0.39, 0.29) is 5.78 Å². The van der Waals surface area contributed by atoms with E-state index in [0.717, 1.165) is 53.0 Å². The van der Waals surface area contributed by atoms with Crippen molar-refractivity contribution in [1.29, 1.82) is 0 Å². The number of halogens is 3. The summed E-state index contributed by atoms with van der Waals surface area (Å²) in [5, 5.41) is 0. The molecule has 0 saturated carbocycles. The van der Waals surface area contributed by atoms with E-state index >= 15 is 0 Å². The molecule has 0 fully saturated rings. The maximum absolute atomic E-state index is 13.3. The summed E-state index contributed by atoms with van der Waals surface area (Å²) in [6.45, 7) is 5.07. The Balaban J connectivity index is 1.29. The van der Waals surface area contributed by atoms with Crippen molar-refractivity contribution in [3.05, 3.63) is 126 Å². The van der Waals surface area contributed by atoms with Gasteiger partial charge in [0.05, 0.1) is 26.4 Å². The quantitative estimate of drug-likeness (QED) is 0.111. The molecule has 0 spiro atoms. The Morgan fingerprint density at radius 3 is 1.57 bits per heavy atom. The highest BCUT2D eigenvalue weighted by molar-refractivity contribution is 6.09. The molecule has 254 valence electrons. The van der Waals surface area contributed by atoms with Gasteiger partial charge in [0, 0.05) is 22.3 Å². The van der Waals surface area contributed by atoms with Crippen LogP contribution in [-0.2, 0) is 6.18 Å². The fourth-order valence-corrected chi connectivity index (χ4v) is 5.84. The van der Waals surface area contributed by atoms with Gasteiger partial charge in [-0.05, 0) is 83.1 Å². The van der Waals surface area contributed by atoms with Crippen molar-refractivity contribution < 1.29 is 32.2 Å². The molecule has 5 aromatic rings. The first-order chi connectivity index (χ1) is 23.6.